The number of unbranched alkanes of at least 4 members (excludes halogenated alkanes) is 1. The Morgan fingerprint density at radius 1 is 0.824 bits per heavy atom. The van der Waals surface area contributed by atoms with Crippen LogP contribution in [-0.4, -0.2) is 69.4 Å². The standard InChI is InChI=1S/C11H17BO4S.C6H8BNO2.C3H6O2S.ClH/c1-17(15,16)9-3-2-4-10-5-7-11(8-6-10)12(13)14;8-6-3-1-5(2-4-6)7(9)10;1-3-6(2,4)5;/h5-8,13-14H,2-4,9H2,1H3;1-4,9-10H,8H2;3H,1H2,2H3;1H. The van der Waals surface area contributed by atoms with Gasteiger partial charge in [0.1, 0.15) is 9.84 Å². The molecule has 0 bridgehead atoms. The van der Waals surface area contributed by atoms with E-state index in [-0.39, 0.29) is 18.2 Å². The Morgan fingerprint density at radius 3 is 1.53 bits per heavy atom. The topological polar surface area (TPSA) is 175 Å². The number of anilines is 1. The Labute approximate surface area is 208 Å². The van der Waals surface area contributed by atoms with Gasteiger partial charge in [-0.25, -0.2) is 16.8 Å². The monoisotopic (exact) mass is 535 g/mol. The van der Waals surface area contributed by atoms with Crippen molar-refractivity contribution in [3.63, 3.8) is 0 Å². The number of nitrogens with two attached hydrogens (primary N) is 1. The number of benzene rings is 2. The molecule has 0 unspecified atom stereocenters. The fourth-order valence-corrected chi connectivity index (χ4v) is 2.95. The number of hydrogen-bond donors (Lipinski definition) is 5. The van der Waals surface area contributed by atoms with Gasteiger partial charge < -0.3 is 25.8 Å². The van der Waals surface area contributed by atoms with E-state index < -0.39 is 33.9 Å². The molecule has 0 saturated heterocycles. The Kier molecular flexibility index (Phi) is 16.9. The van der Waals surface area contributed by atoms with Gasteiger partial charge in [0, 0.05) is 29.4 Å². The van der Waals surface area contributed by atoms with E-state index in [1.54, 1.807) is 36.4 Å². The van der Waals surface area contributed by atoms with Crippen LogP contribution in [0.4, 0.5) is 5.69 Å². The van der Waals surface area contributed by atoms with E-state index in [0.717, 1.165) is 30.1 Å². The molecule has 9 nitrogen and oxygen atoms in total. The van der Waals surface area contributed by atoms with Crippen molar-refractivity contribution in [2.45, 2.75) is 19.3 Å². The van der Waals surface area contributed by atoms with Gasteiger partial charge in [-0.1, -0.05) is 43.0 Å². The first kappa shape index (κ1) is 34.3. The molecule has 0 heterocycles. The maximum absolute atomic E-state index is 10.9. The lowest BCUT2D eigenvalue weighted by molar-refractivity contribution is 0.424. The number of aryl methyl sites for hydroxylation is 1. The summed E-state index contributed by atoms with van der Waals surface area (Å²) >= 11 is 0. The molecule has 2 aromatic rings. The summed E-state index contributed by atoms with van der Waals surface area (Å²) in [5.41, 5.74) is 7.97. The molecule has 0 aliphatic carbocycles. The van der Waals surface area contributed by atoms with Gasteiger partial charge in [0.25, 0.3) is 0 Å². The largest absolute Gasteiger partial charge is 0.488 e. The summed E-state index contributed by atoms with van der Waals surface area (Å²) in [6.45, 7) is 3.04. The van der Waals surface area contributed by atoms with Crippen LogP contribution in [0.5, 0.6) is 0 Å². The quantitative estimate of drug-likeness (QED) is 0.166. The van der Waals surface area contributed by atoms with E-state index in [0.29, 0.717) is 23.0 Å². The Morgan fingerprint density at radius 2 is 1.21 bits per heavy atom. The second-order valence-corrected chi connectivity index (χ2v) is 11.5. The van der Waals surface area contributed by atoms with Crippen molar-refractivity contribution in [2.24, 2.45) is 0 Å². The van der Waals surface area contributed by atoms with Crippen molar-refractivity contribution >= 4 is 62.9 Å². The van der Waals surface area contributed by atoms with Crippen LogP contribution in [-0.2, 0) is 26.1 Å². The summed E-state index contributed by atoms with van der Waals surface area (Å²) < 4.78 is 41.6. The minimum Gasteiger partial charge on any atom is -0.423 e. The molecular weight excluding hydrogens is 503 g/mol. The van der Waals surface area contributed by atoms with Crippen LogP contribution in [0.1, 0.15) is 18.4 Å². The number of hydrogen-bond acceptors (Lipinski definition) is 9. The first-order valence-corrected chi connectivity index (χ1v) is 13.8. The van der Waals surface area contributed by atoms with E-state index in [1.165, 1.54) is 6.26 Å². The van der Waals surface area contributed by atoms with Crippen molar-refractivity contribution in [2.75, 3.05) is 24.0 Å². The number of rotatable bonds is 8. The molecular formula is C20H32B2ClNO8S2. The third-order valence-electron chi connectivity index (χ3n) is 4.05. The van der Waals surface area contributed by atoms with Crippen LogP contribution in [0.2, 0.25) is 0 Å². The van der Waals surface area contributed by atoms with Crippen molar-refractivity contribution in [3.8, 4) is 0 Å². The van der Waals surface area contributed by atoms with Gasteiger partial charge in [0.05, 0.1) is 0 Å². The molecule has 6 N–H and O–H groups in total. The highest BCUT2D eigenvalue weighted by molar-refractivity contribution is 7.93. The van der Waals surface area contributed by atoms with Crippen molar-refractivity contribution in [1.29, 1.82) is 0 Å². The molecule has 34 heavy (non-hydrogen) atoms. The summed E-state index contributed by atoms with van der Waals surface area (Å²) in [5, 5.41) is 36.0. The van der Waals surface area contributed by atoms with Crippen molar-refractivity contribution in [3.05, 3.63) is 66.1 Å². The fourth-order valence-electron chi connectivity index (χ4n) is 2.22. The zero-order valence-electron chi connectivity index (χ0n) is 19.1. The molecule has 0 saturated carbocycles. The maximum Gasteiger partial charge on any atom is 0.488 e. The molecule has 0 aliphatic heterocycles. The van der Waals surface area contributed by atoms with Crippen molar-refractivity contribution < 1.29 is 36.9 Å². The molecule has 0 aromatic heterocycles. The van der Waals surface area contributed by atoms with Crippen LogP contribution in [0.25, 0.3) is 0 Å². The van der Waals surface area contributed by atoms with Crippen LogP contribution in [0.15, 0.2) is 60.5 Å². The minimum absolute atomic E-state index is 0. The number of nitrogen functional groups attached to an aromatic ring is 1. The second-order valence-electron chi connectivity index (χ2n) is 7.24. The van der Waals surface area contributed by atoms with E-state index in [1.807, 2.05) is 12.1 Å². The Balaban J connectivity index is 0. The molecule has 0 fully saturated rings. The Hall–Kier alpha value is -1.86. The molecule has 0 radical (unpaired) electrons. The van der Waals surface area contributed by atoms with E-state index in [4.69, 9.17) is 25.8 Å². The van der Waals surface area contributed by atoms with E-state index >= 15 is 0 Å². The summed E-state index contributed by atoms with van der Waals surface area (Å²) in [7, 11) is -8.60. The molecule has 2 rings (SSSR count). The number of halogens is 1. The van der Waals surface area contributed by atoms with Crippen LogP contribution < -0.4 is 16.7 Å². The highest BCUT2D eigenvalue weighted by Crippen LogP contribution is 2.05. The van der Waals surface area contributed by atoms with Gasteiger partial charge >= 0.3 is 14.2 Å². The predicted molar refractivity (Wildman–Crippen MR) is 142 cm³/mol. The van der Waals surface area contributed by atoms with Gasteiger partial charge in [-0.3, -0.25) is 0 Å². The van der Waals surface area contributed by atoms with E-state index in [9.17, 15) is 16.8 Å². The lowest BCUT2D eigenvalue weighted by atomic mass is 9.80. The molecule has 0 atom stereocenters. The van der Waals surface area contributed by atoms with Gasteiger partial charge in [-0.2, -0.15) is 0 Å². The first-order valence-electron chi connectivity index (χ1n) is 9.81. The highest BCUT2D eigenvalue weighted by atomic mass is 35.5. The van der Waals surface area contributed by atoms with Gasteiger partial charge in [0.2, 0.25) is 0 Å². The van der Waals surface area contributed by atoms with Gasteiger partial charge in [0.15, 0.2) is 9.84 Å². The zero-order valence-corrected chi connectivity index (χ0v) is 21.6. The third kappa shape index (κ3) is 18.6. The fraction of sp³-hybridized carbons (Fsp3) is 0.300. The molecule has 190 valence electrons. The zero-order chi connectivity index (χ0) is 25.7. The second kappa shape index (κ2) is 16.7. The lowest BCUT2D eigenvalue weighted by Gasteiger charge is -2.03. The first-order chi connectivity index (χ1) is 15.1. The SMILES string of the molecule is C=CS(C)(=O)=O.CS(=O)(=O)CCCCc1ccc(B(O)O)cc1.Cl.Nc1ccc(B(O)O)cc1. The molecule has 0 spiro atoms. The summed E-state index contributed by atoms with van der Waals surface area (Å²) in [5.74, 6) is 0.223. The summed E-state index contributed by atoms with van der Waals surface area (Å²) in [6.07, 6.45) is 4.61. The average Bonchev–Trinajstić information content (AvgIpc) is 2.71. The van der Waals surface area contributed by atoms with Crippen molar-refractivity contribution in [1.82, 2.24) is 0 Å². The molecule has 14 heteroatoms. The third-order valence-corrected chi connectivity index (χ3v) is 5.68. The van der Waals surface area contributed by atoms with E-state index in [2.05, 4.69) is 6.58 Å². The smallest absolute Gasteiger partial charge is 0.423 e. The molecule has 0 amide bonds. The summed E-state index contributed by atoms with van der Waals surface area (Å²) in [4.78, 5) is 0. The lowest BCUT2D eigenvalue weighted by Crippen LogP contribution is -2.29. The highest BCUT2D eigenvalue weighted by Gasteiger charge is 2.10. The normalized spacial score (nSPS) is 10.4. The molecule has 2 aromatic carbocycles. The number of sulfone groups is 2. The average molecular weight is 536 g/mol. The minimum atomic E-state index is -2.90. The maximum atomic E-state index is 10.9. The van der Waals surface area contributed by atoms with Gasteiger partial charge in [-0.15, -0.1) is 12.4 Å². The summed E-state index contributed by atoms with van der Waals surface area (Å²) in [6, 6.07) is 13.4. The predicted octanol–water partition coefficient (Wildman–Crippen LogP) is -0.721. The van der Waals surface area contributed by atoms with Gasteiger partial charge in [-0.05, 0) is 47.9 Å². The van der Waals surface area contributed by atoms with Crippen LogP contribution >= 0.6 is 12.4 Å². The molecule has 0 aliphatic rings. The van der Waals surface area contributed by atoms with Crippen LogP contribution in [0, 0.1) is 0 Å². The van der Waals surface area contributed by atoms with Crippen LogP contribution in [0.3, 0.4) is 0 Å². The Bertz CT molecular complexity index is 1040.